The molecule has 0 radical (unpaired) electrons. The molecule has 0 saturated carbocycles. The van der Waals surface area contributed by atoms with Gasteiger partial charge in [0.1, 0.15) is 0 Å². The molecule has 0 fully saturated rings. The minimum absolute atomic E-state index is 0.762. The Morgan fingerprint density at radius 1 is 0.667 bits per heavy atom. The first-order valence-electron chi connectivity index (χ1n) is 8.17. The van der Waals surface area contributed by atoms with Crippen molar-refractivity contribution in [1.29, 1.82) is 0 Å². The molecule has 0 N–H and O–H groups in total. The maximum Gasteiger partial charge on any atom is 0.0442 e. The Kier molecular flexibility index (Phi) is 12.0. The molecule has 0 spiro atoms. The van der Waals surface area contributed by atoms with E-state index in [-0.39, 0.29) is 0 Å². The summed E-state index contributed by atoms with van der Waals surface area (Å²) in [6.07, 6.45) is 17.7. The molecule has 0 aromatic carbocycles. The van der Waals surface area contributed by atoms with Gasteiger partial charge in [-0.1, -0.05) is 89.5 Å². The average Bonchev–Trinajstić information content (AvgIpc) is 2.29. The number of hydrogen-bond acceptors (Lipinski definition) is 0. The smallest absolute Gasteiger partial charge is 0.0442 e. The molecule has 108 valence electrons. The first-order valence-corrected chi connectivity index (χ1v) is 11.9. The van der Waals surface area contributed by atoms with Gasteiger partial charge in [0.15, 0.2) is 0 Å². The van der Waals surface area contributed by atoms with Crippen molar-refractivity contribution in [3.05, 3.63) is 12.7 Å². The summed E-state index contributed by atoms with van der Waals surface area (Å²) in [5, 5.41) is 0. The topological polar surface area (TPSA) is 0 Å². The van der Waals surface area contributed by atoms with Crippen LogP contribution in [0.2, 0.25) is 25.7 Å². The highest BCUT2D eigenvalue weighted by Gasteiger charge is 2.11. The second-order valence-electron chi connectivity index (χ2n) is 6.92. The fourth-order valence-corrected chi connectivity index (χ4v) is 3.67. The van der Waals surface area contributed by atoms with Crippen LogP contribution in [0.25, 0.3) is 0 Å². The molecule has 0 unspecified atom stereocenters. The second kappa shape index (κ2) is 12.0. The van der Waals surface area contributed by atoms with Gasteiger partial charge in [-0.15, -0.1) is 6.58 Å². The third-order valence-corrected chi connectivity index (χ3v) is 5.44. The highest BCUT2D eigenvalue weighted by atomic mass is 28.3. The van der Waals surface area contributed by atoms with E-state index in [0.717, 1.165) is 0 Å². The molecule has 0 aliphatic carbocycles. The monoisotopic (exact) mass is 268 g/mol. The third-order valence-electron chi connectivity index (χ3n) is 3.59. The Bertz CT molecular complexity index is 179. The van der Waals surface area contributed by atoms with Gasteiger partial charge in [-0.25, -0.2) is 0 Å². The number of hydrogen-bond donors (Lipinski definition) is 0. The van der Waals surface area contributed by atoms with Crippen molar-refractivity contribution in [2.75, 3.05) is 0 Å². The molecule has 0 amide bonds. The fraction of sp³-hybridized carbons (Fsp3) is 0.882. The van der Waals surface area contributed by atoms with Gasteiger partial charge in [0.25, 0.3) is 0 Å². The molecule has 0 rings (SSSR count). The summed E-state index contributed by atoms with van der Waals surface area (Å²) < 4.78 is 0. The Hall–Kier alpha value is -0.0431. The number of unbranched alkanes of at least 4 members (excludes halogenated alkanes) is 10. The van der Waals surface area contributed by atoms with Gasteiger partial charge in [-0.2, -0.15) is 0 Å². The highest BCUT2D eigenvalue weighted by molar-refractivity contribution is 6.76. The normalized spacial score (nSPS) is 11.7. The number of allylic oxidation sites excluding steroid dienone is 1. The summed E-state index contributed by atoms with van der Waals surface area (Å²) in [6, 6.07) is 1.52. The molecule has 0 aromatic heterocycles. The predicted octanol–water partition coefficient (Wildman–Crippen LogP) is 6.80. The van der Waals surface area contributed by atoms with E-state index in [9.17, 15) is 0 Å². The minimum Gasteiger partial charge on any atom is -0.103 e. The maximum absolute atomic E-state index is 3.76. The molecule has 0 atom stereocenters. The lowest BCUT2D eigenvalue weighted by Gasteiger charge is -2.14. The van der Waals surface area contributed by atoms with Gasteiger partial charge < -0.3 is 0 Å². The van der Waals surface area contributed by atoms with Gasteiger partial charge in [0.05, 0.1) is 0 Å². The molecule has 1 heteroatoms. The van der Waals surface area contributed by atoms with E-state index in [0.29, 0.717) is 0 Å². The van der Waals surface area contributed by atoms with Crippen LogP contribution in [0, 0.1) is 0 Å². The lowest BCUT2D eigenvalue weighted by atomic mass is 10.1. The number of rotatable bonds is 13. The lowest BCUT2D eigenvalue weighted by molar-refractivity contribution is 0.557. The van der Waals surface area contributed by atoms with Crippen LogP contribution in [0.4, 0.5) is 0 Å². The first-order chi connectivity index (χ1) is 8.56. The summed E-state index contributed by atoms with van der Waals surface area (Å²) in [5.41, 5.74) is 0. The quantitative estimate of drug-likeness (QED) is 0.196. The van der Waals surface area contributed by atoms with E-state index in [1.54, 1.807) is 0 Å². The summed E-state index contributed by atoms with van der Waals surface area (Å²) in [5.74, 6) is 0. The molecular weight excluding hydrogens is 232 g/mol. The van der Waals surface area contributed by atoms with E-state index in [4.69, 9.17) is 0 Å². The van der Waals surface area contributed by atoms with Gasteiger partial charge >= 0.3 is 0 Å². The zero-order chi connectivity index (χ0) is 13.7. The largest absolute Gasteiger partial charge is 0.103 e. The molecule has 0 heterocycles. The zero-order valence-corrected chi connectivity index (χ0v) is 14.3. The molecule has 0 saturated heterocycles. The minimum atomic E-state index is -0.762. The van der Waals surface area contributed by atoms with E-state index >= 15 is 0 Å². The molecule has 0 aliphatic rings. The van der Waals surface area contributed by atoms with E-state index < -0.39 is 8.07 Å². The van der Waals surface area contributed by atoms with Crippen molar-refractivity contribution >= 4 is 8.07 Å². The highest BCUT2D eigenvalue weighted by Crippen LogP contribution is 2.16. The van der Waals surface area contributed by atoms with Crippen molar-refractivity contribution < 1.29 is 0 Å². The second-order valence-corrected chi connectivity index (χ2v) is 12.5. The SMILES string of the molecule is C=CCCCCCCCCCCCC[Si](C)(C)C. The van der Waals surface area contributed by atoms with Crippen LogP contribution in [0.15, 0.2) is 12.7 Å². The van der Waals surface area contributed by atoms with E-state index in [1.807, 2.05) is 6.08 Å². The maximum atomic E-state index is 3.76. The molecule has 18 heavy (non-hydrogen) atoms. The third kappa shape index (κ3) is 16.0. The average molecular weight is 269 g/mol. The molecule has 0 bridgehead atoms. The molecule has 0 aromatic rings. The summed E-state index contributed by atoms with van der Waals surface area (Å²) in [7, 11) is -0.762. The van der Waals surface area contributed by atoms with Crippen molar-refractivity contribution in [2.45, 2.75) is 96.3 Å². The van der Waals surface area contributed by atoms with Crippen LogP contribution in [-0.2, 0) is 0 Å². The predicted molar refractivity (Wildman–Crippen MR) is 89.1 cm³/mol. The molecule has 0 aliphatic heterocycles. The molecular formula is C17H36Si. The first kappa shape index (κ1) is 18.0. The summed E-state index contributed by atoms with van der Waals surface area (Å²) >= 11 is 0. The van der Waals surface area contributed by atoms with Crippen LogP contribution < -0.4 is 0 Å². The van der Waals surface area contributed by atoms with Crippen LogP contribution >= 0.6 is 0 Å². The van der Waals surface area contributed by atoms with Crippen LogP contribution in [0.1, 0.15) is 70.6 Å². The Labute approximate surface area is 117 Å². The zero-order valence-electron chi connectivity index (χ0n) is 13.3. The van der Waals surface area contributed by atoms with Crippen LogP contribution in [-0.4, -0.2) is 8.07 Å². The van der Waals surface area contributed by atoms with Gasteiger partial charge in [0, 0.05) is 8.07 Å². The standard InChI is InChI=1S/C17H36Si/c1-5-6-7-8-9-10-11-12-13-14-15-16-17-18(2,3)4/h5H,1,6-17H2,2-4H3. The Balaban J connectivity index is 3.01. The summed E-state index contributed by atoms with van der Waals surface area (Å²) in [6.45, 7) is 11.2. The van der Waals surface area contributed by atoms with Crippen LogP contribution in [0.5, 0.6) is 0 Å². The summed E-state index contributed by atoms with van der Waals surface area (Å²) in [4.78, 5) is 0. The molecule has 0 nitrogen and oxygen atoms in total. The van der Waals surface area contributed by atoms with Gasteiger partial charge in [-0.3, -0.25) is 0 Å². The van der Waals surface area contributed by atoms with Crippen molar-refractivity contribution in [1.82, 2.24) is 0 Å². The van der Waals surface area contributed by atoms with E-state index in [1.165, 1.54) is 76.7 Å². The van der Waals surface area contributed by atoms with Crippen molar-refractivity contribution in [3.63, 3.8) is 0 Å². The Morgan fingerprint density at radius 3 is 1.44 bits per heavy atom. The Morgan fingerprint density at radius 2 is 1.06 bits per heavy atom. The lowest BCUT2D eigenvalue weighted by Crippen LogP contribution is -2.18. The van der Waals surface area contributed by atoms with Gasteiger partial charge in [0.2, 0.25) is 0 Å². The van der Waals surface area contributed by atoms with Crippen molar-refractivity contribution in [3.8, 4) is 0 Å². The van der Waals surface area contributed by atoms with Crippen LogP contribution in [0.3, 0.4) is 0 Å². The van der Waals surface area contributed by atoms with Gasteiger partial charge in [-0.05, 0) is 12.8 Å². The van der Waals surface area contributed by atoms with Crippen molar-refractivity contribution in [2.24, 2.45) is 0 Å². The fourth-order valence-electron chi connectivity index (χ4n) is 2.36. The van der Waals surface area contributed by atoms with E-state index in [2.05, 4.69) is 26.2 Å².